The number of hydrogen-bond donors (Lipinski definition) is 2. The molecule has 0 spiro atoms. The van der Waals surface area contributed by atoms with Crippen LogP contribution in [0, 0.1) is 5.82 Å². The Morgan fingerprint density at radius 2 is 2.10 bits per heavy atom. The zero-order chi connectivity index (χ0) is 14.1. The Labute approximate surface area is 129 Å². The Balaban J connectivity index is 0.00000361. The Kier molecular flexibility index (Phi) is 10.2. The maximum atomic E-state index is 12.9. The van der Waals surface area contributed by atoms with Crippen molar-refractivity contribution in [3.05, 3.63) is 29.0 Å². The molecule has 114 valence electrons. The zero-order valence-corrected chi connectivity index (χ0v) is 12.8. The van der Waals surface area contributed by atoms with E-state index in [-0.39, 0.29) is 29.9 Å². The van der Waals surface area contributed by atoms with Gasteiger partial charge in [-0.25, -0.2) is 4.39 Å². The van der Waals surface area contributed by atoms with Gasteiger partial charge >= 0.3 is 0 Å². The first-order chi connectivity index (χ1) is 9.13. The number of carbonyl (C=O) groups excluding carboxylic acids is 1. The number of nitrogens with one attached hydrogen (secondary N) is 2. The lowest BCUT2D eigenvalue weighted by molar-refractivity contribution is -0.123. The molecule has 0 aromatic heterocycles. The molecule has 0 atom stereocenters. The summed E-state index contributed by atoms with van der Waals surface area (Å²) in [6.07, 6.45) is 1.06. The van der Waals surface area contributed by atoms with Gasteiger partial charge in [-0.2, -0.15) is 0 Å². The van der Waals surface area contributed by atoms with Gasteiger partial charge in [-0.15, -0.1) is 12.4 Å². The van der Waals surface area contributed by atoms with Crippen molar-refractivity contribution in [1.82, 2.24) is 10.6 Å². The van der Waals surface area contributed by atoms with Crippen LogP contribution in [0.2, 0.25) is 5.02 Å². The van der Waals surface area contributed by atoms with Crippen LogP contribution in [-0.4, -0.2) is 32.1 Å². The van der Waals surface area contributed by atoms with E-state index in [1.165, 1.54) is 18.2 Å². The molecule has 0 aliphatic rings. The average molecular weight is 325 g/mol. The van der Waals surface area contributed by atoms with E-state index in [0.29, 0.717) is 12.3 Å². The van der Waals surface area contributed by atoms with Crippen LogP contribution >= 0.6 is 24.0 Å². The van der Waals surface area contributed by atoms with Crippen LogP contribution in [0.4, 0.5) is 4.39 Å². The van der Waals surface area contributed by atoms with E-state index in [2.05, 4.69) is 17.6 Å². The molecule has 1 aromatic rings. The molecule has 2 N–H and O–H groups in total. The van der Waals surface area contributed by atoms with Gasteiger partial charge in [0.1, 0.15) is 11.6 Å². The Morgan fingerprint density at radius 3 is 2.75 bits per heavy atom. The van der Waals surface area contributed by atoms with Gasteiger partial charge in [0.25, 0.3) is 5.91 Å². The topological polar surface area (TPSA) is 50.4 Å². The monoisotopic (exact) mass is 324 g/mol. The highest BCUT2D eigenvalue weighted by Gasteiger charge is 2.04. The van der Waals surface area contributed by atoms with E-state index >= 15 is 0 Å². The first-order valence-electron chi connectivity index (χ1n) is 6.18. The average Bonchev–Trinajstić information content (AvgIpc) is 2.40. The van der Waals surface area contributed by atoms with Crippen LogP contribution in [-0.2, 0) is 4.79 Å². The van der Waals surface area contributed by atoms with Gasteiger partial charge < -0.3 is 15.4 Å². The molecular weight excluding hydrogens is 306 g/mol. The van der Waals surface area contributed by atoms with Crippen LogP contribution < -0.4 is 15.4 Å². The summed E-state index contributed by atoms with van der Waals surface area (Å²) in [6, 6.07) is 3.97. The van der Waals surface area contributed by atoms with E-state index < -0.39 is 5.82 Å². The molecule has 0 bridgehead atoms. The predicted octanol–water partition coefficient (Wildman–Crippen LogP) is 2.40. The number of hydrogen-bond acceptors (Lipinski definition) is 3. The van der Waals surface area contributed by atoms with Gasteiger partial charge in [0.15, 0.2) is 6.61 Å². The van der Waals surface area contributed by atoms with Crippen molar-refractivity contribution in [2.24, 2.45) is 0 Å². The fourth-order valence-electron chi connectivity index (χ4n) is 1.36. The number of carbonyl (C=O) groups is 1. The van der Waals surface area contributed by atoms with Crippen molar-refractivity contribution in [2.45, 2.75) is 13.3 Å². The molecule has 0 unspecified atom stereocenters. The first kappa shape index (κ1) is 19.0. The zero-order valence-electron chi connectivity index (χ0n) is 11.2. The molecule has 0 saturated heterocycles. The van der Waals surface area contributed by atoms with Crippen LogP contribution in [0.15, 0.2) is 18.2 Å². The third-order valence-electron chi connectivity index (χ3n) is 2.31. The van der Waals surface area contributed by atoms with E-state index in [4.69, 9.17) is 16.3 Å². The maximum Gasteiger partial charge on any atom is 0.257 e. The number of benzene rings is 1. The number of ether oxygens (including phenoxy) is 1. The van der Waals surface area contributed by atoms with Gasteiger partial charge in [-0.1, -0.05) is 18.5 Å². The lowest BCUT2D eigenvalue weighted by Crippen LogP contribution is -2.35. The second-order valence-electron chi connectivity index (χ2n) is 3.96. The largest absolute Gasteiger partial charge is 0.484 e. The van der Waals surface area contributed by atoms with Gasteiger partial charge in [0.05, 0.1) is 5.02 Å². The highest BCUT2D eigenvalue weighted by Crippen LogP contribution is 2.20. The van der Waals surface area contributed by atoms with E-state index in [0.717, 1.165) is 19.5 Å². The lowest BCUT2D eigenvalue weighted by Gasteiger charge is -2.08. The molecule has 4 nitrogen and oxygen atoms in total. The van der Waals surface area contributed by atoms with Crippen molar-refractivity contribution < 1.29 is 13.9 Å². The Bertz CT molecular complexity index is 419. The van der Waals surface area contributed by atoms with Gasteiger partial charge in [-0.05, 0) is 25.1 Å². The molecule has 0 heterocycles. The van der Waals surface area contributed by atoms with Crippen molar-refractivity contribution in [3.63, 3.8) is 0 Å². The third kappa shape index (κ3) is 7.53. The minimum atomic E-state index is -0.513. The summed E-state index contributed by atoms with van der Waals surface area (Å²) in [5.41, 5.74) is 0. The minimum absolute atomic E-state index is 0. The summed E-state index contributed by atoms with van der Waals surface area (Å²) >= 11 is 5.60. The van der Waals surface area contributed by atoms with E-state index in [1.807, 2.05) is 0 Å². The molecule has 20 heavy (non-hydrogen) atoms. The molecule has 1 aromatic carbocycles. The second kappa shape index (κ2) is 10.7. The normalized spacial score (nSPS) is 9.75. The summed E-state index contributed by atoms with van der Waals surface area (Å²) in [5, 5.41) is 5.84. The predicted molar refractivity (Wildman–Crippen MR) is 80.3 cm³/mol. The molecule has 0 saturated carbocycles. The number of amides is 1. The fourth-order valence-corrected chi connectivity index (χ4v) is 1.53. The number of halogens is 3. The summed E-state index contributed by atoms with van der Waals surface area (Å²) < 4.78 is 18.1. The van der Waals surface area contributed by atoms with Crippen molar-refractivity contribution in [1.29, 1.82) is 0 Å². The summed E-state index contributed by atoms with van der Waals surface area (Å²) in [6.45, 7) is 4.16. The highest BCUT2D eigenvalue weighted by atomic mass is 35.5. The highest BCUT2D eigenvalue weighted by molar-refractivity contribution is 6.30. The SMILES string of the molecule is CCCNCCNC(=O)COc1ccc(F)c(Cl)c1.Cl. The summed E-state index contributed by atoms with van der Waals surface area (Å²) in [7, 11) is 0. The molecule has 0 aliphatic carbocycles. The smallest absolute Gasteiger partial charge is 0.257 e. The summed E-state index contributed by atoms with van der Waals surface area (Å²) in [5.74, 6) is -0.370. The molecular formula is C13H19Cl2FN2O2. The Morgan fingerprint density at radius 1 is 1.35 bits per heavy atom. The van der Waals surface area contributed by atoms with Gasteiger partial charge in [-0.3, -0.25) is 4.79 Å². The van der Waals surface area contributed by atoms with E-state index in [9.17, 15) is 9.18 Å². The van der Waals surface area contributed by atoms with Crippen LogP contribution in [0.5, 0.6) is 5.75 Å². The first-order valence-corrected chi connectivity index (χ1v) is 6.56. The standard InChI is InChI=1S/C13H18ClFN2O2.ClH/c1-2-5-16-6-7-17-13(18)9-19-10-3-4-12(15)11(14)8-10;/h3-4,8,16H,2,5-7,9H2,1H3,(H,17,18);1H. The van der Waals surface area contributed by atoms with Crippen molar-refractivity contribution in [3.8, 4) is 5.75 Å². The summed E-state index contributed by atoms with van der Waals surface area (Å²) in [4.78, 5) is 11.4. The molecule has 1 amide bonds. The van der Waals surface area contributed by atoms with E-state index in [1.54, 1.807) is 0 Å². The van der Waals surface area contributed by atoms with Crippen molar-refractivity contribution in [2.75, 3.05) is 26.2 Å². The maximum absolute atomic E-state index is 12.9. The van der Waals surface area contributed by atoms with Crippen LogP contribution in [0.25, 0.3) is 0 Å². The molecule has 7 heteroatoms. The van der Waals surface area contributed by atoms with Crippen molar-refractivity contribution >= 4 is 29.9 Å². The minimum Gasteiger partial charge on any atom is -0.484 e. The van der Waals surface area contributed by atoms with Gasteiger partial charge in [0, 0.05) is 19.2 Å². The fraction of sp³-hybridized carbons (Fsp3) is 0.462. The van der Waals surface area contributed by atoms with Crippen LogP contribution in [0.1, 0.15) is 13.3 Å². The molecule has 0 radical (unpaired) electrons. The Hall–Kier alpha value is -1.04. The molecule has 1 rings (SSSR count). The van der Waals surface area contributed by atoms with Crippen LogP contribution in [0.3, 0.4) is 0 Å². The van der Waals surface area contributed by atoms with Gasteiger partial charge in [0.2, 0.25) is 0 Å². The quantitative estimate of drug-likeness (QED) is 0.722. The number of rotatable bonds is 8. The lowest BCUT2D eigenvalue weighted by atomic mass is 10.3. The third-order valence-corrected chi connectivity index (χ3v) is 2.60. The molecule has 0 fully saturated rings. The molecule has 0 aliphatic heterocycles. The second-order valence-corrected chi connectivity index (χ2v) is 4.37.